The van der Waals surface area contributed by atoms with E-state index in [0.717, 1.165) is 43.5 Å². The Labute approximate surface area is 262 Å². The summed E-state index contributed by atoms with van der Waals surface area (Å²) in [5.41, 5.74) is 27.9. The molecule has 0 spiro atoms. The molecule has 0 saturated heterocycles. The van der Waals surface area contributed by atoms with Crippen molar-refractivity contribution in [2.75, 3.05) is 11.5 Å². The number of rotatable bonds is 10. The van der Waals surface area contributed by atoms with E-state index in [0.29, 0.717) is 0 Å². The summed E-state index contributed by atoms with van der Waals surface area (Å²) >= 11 is 0. The Balaban J connectivity index is 1.00. The van der Waals surface area contributed by atoms with Gasteiger partial charge in [0.05, 0.1) is 0 Å². The van der Waals surface area contributed by atoms with Crippen molar-refractivity contribution in [2.24, 2.45) is 0 Å². The highest BCUT2D eigenvalue weighted by atomic mass is 14.5. The molecular formula is C42H40N2. The summed E-state index contributed by atoms with van der Waals surface area (Å²) in [5.74, 6) is 0. The van der Waals surface area contributed by atoms with Gasteiger partial charge in [-0.05, 0) is 124 Å². The minimum Gasteiger partial charge on any atom is -0.399 e. The van der Waals surface area contributed by atoms with E-state index in [1.165, 1.54) is 61.2 Å². The maximum atomic E-state index is 5.84. The second kappa shape index (κ2) is 13.5. The van der Waals surface area contributed by atoms with Crippen molar-refractivity contribution in [3.8, 4) is 0 Å². The molecular weight excluding hydrogens is 532 g/mol. The highest BCUT2D eigenvalue weighted by Gasteiger charge is 2.05. The Morgan fingerprint density at radius 1 is 0.318 bits per heavy atom. The van der Waals surface area contributed by atoms with Crippen LogP contribution in [-0.2, 0) is 32.1 Å². The van der Waals surface area contributed by atoms with E-state index in [4.69, 9.17) is 11.5 Å². The minimum absolute atomic E-state index is 0.808. The quantitative estimate of drug-likeness (QED) is 0.161. The van der Waals surface area contributed by atoms with Gasteiger partial charge < -0.3 is 11.5 Å². The molecule has 0 radical (unpaired) electrons. The largest absolute Gasteiger partial charge is 0.399 e. The van der Waals surface area contributed by atoms with E-state index in [2.05, 4.69) is 122 Å². The fraction of sp³-hybridized carbons (Fsp3) is 0.143. The smallest absolute Gasteiger partial charge is 0.0314 e. The lowest BCUT2D eigenvalue weighted by atomic mass is 9.95. The molecule has 2 nitrogen and oxygen atoms in total. The van der Waals surface area contributed by atoms with Crippen LogP contribution >= 0.6 is 0 Å². The lowest BCUT2D eigenvalue weighted by Crippen LogP contribution is -1.96. The molecule has 4 N–H and O–H groups in total. The van der Waals surface area contributed by atoms with Gasteiger partial charge in [-0.1, -0.05) is 115 Å². The van der Waals surface area contributed by atoms with Crippen molar-refractivity contribution in [3.05, 3.63) is 201 Å². The highest BCUT2D eigenvalue weighted by molar-refractivity contribution is 5.43. The van der Waals surface area contributed by atoms with Gasteiger partial charge in [0.15, 0.2) is 0 Å². The van der Waals surface area contributed by atoms with E-state index in [9.17, 15) is 0 Å². The Morgan fingerprint density at radius 3 is 0.886 bits per heavy atom. The molecule has 2 heteroatoms. The topological polar surface area (TPSA) is 52.0 Å². The van der Waals surface area contributed by atoms with E-state index >= 15 is 0 Å². The van der Waals surface area contributed by atoms with Crippen molar-refractivity contribution >= 4 is 11.4 Å². The number of hydrogen-bond acceptors (Lipinski definition) is 2. The number of nitrogens with two attached hydrogens (primary N) is 2. The highest BCUT2D eigenvalue weighted by Crippen LogP contribution is 2.21. The first kappa shape index (κ1) is 29.0. The number of hydrogen-bond donors (Lipinski definition) is 2. The van der Waals surface area contributed by atoms with E-state index < -0.39 is 0 Å². The molecule has 0 bridgehead atoms. The molecule has 0 aliphatic rings. The van der Waals surface area contributed by atoms with E-state index in [1.807, 2.05) is 24.3 Å². The van der Waals surface area contributed by atoms with Crippen LogP contribution in [0.4, 0.5) is 11.4 Å². The average molecular weight is 573 g/mol. The maximum absolute atomic E-state index is 5.84. The first-order chi connectivity index (χ1) is 21.4. The SMILES string of the molecule is Cc1cc(Cc2ccc(Cc3ccc(Cc4ccc(Cc5ccc(N)cc5)cc4)cc3)cc2)ccc1Cc1ccc(N)cc1. The van der Waals surface area contributed by atoms with Crippen LogP contribution in [0.15, 0.2) is 140 Å². The second-order valence-electron chi connectivity index (χ2n) is 12.1. The Morgan fingerprint density at radius 2 is 0.568 bits per heavy atom. The Bertz CT molecular complexity index is 1800. The van der Waals surface area contributed by atoms with E-state index in [1.54, 1.807) is 0 Å². The van der Waals surface area contributed by atoms with Gasteiger partial charge in [0.2, 0.25) is 0 Å². The first-order valence-electron chi connectivity index (χ1n) is 15.5. The zero-order valence-electron chi connectivity index (χ0n) is 25.5. The van der Waals surface area contributed by atoms with Gasteiger partial charge in [-0.25, -0.2) is 0 Å². The molecule has 0 aliphatic carbocycles. The van der Waals surface area contributed by atoms with Crippen LogP contribution in [0, 0.1) is 6.92 Å². The number of nitrogen functional groups attached to an aromatic ring is 2. The molecule has 218 valence electrons. The summed E-state index contributed by atoms with van der Waals surface area (Å²) in [6.45, 7) is 2.21. The summed E-state index contributed by atoms with van der Waals surface area (Å²) < 4.78 is 0. The fourth-order valence-electron chi connectivity index (χ4n) is 5.82. The average Bonchev–Trinajstić information content (AvgIpc) is 3.03. The van der Waals surface area contributed by atoms with Crippen LogP contribution in [0.5, 0.6) is 0 Å². The molecule has 0 atom stereocenters. The molecule has 0 heterocycles. The predicted molar refractivity (Wildman–Crippen MR) is 186 cm³/mol. The standard InChI is InChI=1S/C42H40N2/c1-30-24-39(14-19-40(30)29-38-17-22-42(44)23-18-38)28-36-12-10-34(11-13-36)26-32-4-2-31(3-5-32)25-33-6-8-35(9-7-33)27-37-15-20-41(43)21-16-37/h2-24H,25-29,43-44H2,1H3. The van der Waals surface area contributed by atoms with Gasteiger partial charge >= 0.3 is 0 Å². The van der Waals surface area contributed by atoms with Gasteiger partial charge in [0.25, 0.3) is 0 Å². The zero-order valence-corrected chi connectivity index (χ0v) is 25.5. The summed E-state index contributed by atoms with van der Waals surface area (Å²) in [4.78, 5) is 0. The molecule has 0 fully saturated rings. The van der Waals surface area contributed by atoms with Gasteiger partial charge in [-0.2, -0.15) is 0 Å². The predicted octanol–water partition coefficient (Wildman–Crippen LogP) is 9.11. The van der Waals surface area contributed by atoms with Crippen LogP contribution in [0.3, 0.4) is 0 Å². The summed E-state index contributed by atoms with van der Waals surface area (Å²) in [7, 11) is 0. The molecule has 0 unspecified atom stereocenters. The van der Waals surface area contributed by atoms with Crippen molar-refractivity contribution in [2.45, 2.75) is 39.0 Å². The monoisotopic (exact) mass is 572 g/mol. The van der Waals surface area contributed by atoms with Crippen molar-refractivity contribution in [1.29, 1.82) is 0 Å². The number of anilines is 2. The van der Waals surface area contributed by atoms with Crippen LogP contribution in [0.2, 0.25) is 0 Å². The van der Waals surface area contributed by atoms with Crippen LogP contribution in [0.1, 0.15) is 61.2 Å². The third-order valence-corrected chi connectivity index (χ3v) is 8.46. The summed E-state index contributed by atoms with van der Waals surface area (Å²) in [6.07, 6.45) is 4.69. The Kier molecular flexibility index (Phi) is 8.89. The minimum atomic E-state index is 0.808. The molecule has 6 aromatic carbocycles. The van der Waals surface area contributed by atoms with Crippen molar-refractivity contribution in [1.82, 2.24) is 0 Å². The second-order valence-corrected chi connectivity index (χ2v) is 12.1. The number of benzene rings is 6. The first-order valence-corrected chi connectivity index (χ1v) is 15.5. The Hall–Kier alpha value is -5.08. The summed E-state index contributed by atoms with van der Waals surface area (Å²) in [6, 6.07) is 50.4. The summed E-state index contributed by atoms with van der Waals surface area (Å²) in [5, 5.41) is 0. The van der Waals surface area contributed by atoms with Crippen molar-refractivity contribution < 1.29 is 0 Å². The van der Waals surface area contributed by atoms with E-state index in [-0.39, 0.29) is 0 Å². The van der Waals surface area contributed by atoms with Gasteiger partial charge in [0.1, 0.15) is 0 Å². The lowest BCUT2D eigenvalue weighted by Gasteiger charge is -2.10. The fourth-order valence-corrected chi connectivity index (χ4v) is 5.82. The lowest BCUT2D eigenvalue weighted by molar-refractivity contribution is 1.11. The third kappa shape index (κ3) is 7.85. The normalized spacial score (nSPS) is 11.0. The van der Waals surface area contributed by atoms with Crippen molar-refractivity contribution in [3.63, 3.8) is 0 Å². The molecule has 0 saturated carbocycles. The maximum Gasteiger partial charge on any atom is 0.0314 e. The molecule has 0 aliphatic heterocycles. The zero-order chi connectivity index (χ0) is 30.3. The molecule has 0 amide bonds. The molecule has 44 heavy (non-hydrogen) atoms. The molecule has 0 aromatic heterocycles. The van der Waals surface area contributed by atoms with Gasteiger partial charge in [0, 0.05) is 11.4 Å². The number of aryl methyl sites for hydroxylation is 1. The molecule has 6 aromatic rings. The van der Waals surface area contributed by atoms with Crippen LogP contribution in [-0.4, -0.2) is 0 Å². The van der Waals surface area contributed by atoms with Crippen LogP contribution < -0.4 is 11.5 Å². The van der Waals surface area contributed by atoms with Crippen LogP contribution in [0.25, 0.3) is 0 Å². The third-order valence-electron chi connectivity index (χ3n) is 8.46. The van der Waals surface area contributed by atoms with Gasteiger partial charge in [-0.3, -0.25) is 0 Å². The molecule has 6 rings (SSSR count). The van der Waals surface area contributed by atoms with Gasteiger partial charge in [-0.15, -0.1) is 0 Å².